The molecule has 40 heavy (non-hydrogen) atoms. The Labute approximate surface area is 250 Å². The summed E-state index contributed by atoms with van der Waals surface area (Å²) >= 11 is 0. The summed E-state index contributed by atoms with van der Waals surface area (Å²) in [5.41, 5.74) is 0. The first-order valence-corrected chi connectivity index (χ1v) is 18.2. The van der Waals surface area contributed by atoms with Gasteiger partial charge in [0.2, 0.25) is 0 Å². The standard InChI is InChI=1S/C36H72O4/c1-2-3-4-5-6-7-8-9-14-17-20-23-26-29-32-35(36(38)39)40-34-31-28-25-22-19-16-13-11-10-12-15-18-21-24-27-30-33-37/h35,37H,2-34H2,1H3,(H,38,39). The van der Waals surface area contributed by atoms with E-state index in [4.69, 9.17) is 9.84 Å². The van der Waals surface area contributed by atoms with Gasteiger partial charge in [-0.1, -0.05) is 187 Å². The fourth-order valence-electron chi connectivity index (χ4n) is 5.72. The number of carboxylic acids is 1. The summed E-state index contributed by atoms with van der Waals surface area (Å²) in [6.45, 7) is 3.22. The van der Waals surface area contributed by atoms with E-state index in [0.29, 0.717) is 19.6 Å². The molecule has 0 radical (unpaired) electrons. The quantitative estimate of drug-likeness (QED) is 0.0746. The van der Waals surface area contributed by atoms with Gasteiger partial charge in [-0.15, -0.1) is 0 Å². The summed E-state index contributed by atoms with van der Waals surface area (Å²) < 4.78 is 5.73. The average Bonchev–Trinajstić information content (AvgIpc) is 2.95. The number of aliphatic hydroxyl groups excluding tert-OH is 1. The van der Waals surface area contributed by atoms with Crippen LogP contribution in [-0.4, -0.2) is 35.5 Å². The molecular formula is C36H72O4. The normalized spacial score (nSPS) is 12.2. The van der Waals surface area contributed by atoms with Gasteiger partial charge in [0.05, 0.1) is 0 Å². The Hall–Kier alpha value is -0.610. The van der Waals surface area contributed by atoms with Crippen molar-refractivity contribution in [3.63, 3.8) is 0 Å². The molecule has 240 valence electrons. The first-order valence-electron chi connectivity index (χ1n) is 18.2. The van der Waals surface area contributed by atoms with Crippen molar-refractivity contribution in [2.75, 3.05) is 13.2 Å². The molecule has 0 saturated heterocycles. The first kappa shape index (κ1) is 39.4. The third kappa shape index (κ3) is 31.9. The van der Waals surface area contributed by atoms with E-state index in [9.17, 15) is 9.90 Å². The van der Waals surface area contributed by atoms with Gasteiger partial charge in [0.1, 0.15) is 0 Å². The second-order valence-electron chi connectivity index (χ2n) is 12.5. The van der Waals surface area contributed by atoms with Crippen molar-refractivity contribution in [2.45, 2.75) is 212 Å². The minimum atomic E-state index is -0.784. The maximum Gasteiger partial charge on any atom is 0.332 e. The summed E-state index contributed by atoms with van der Waals surface area (Å²) in [5.74, 6) is -0.784. The highest BCUT2D eigenvalue weighted by Crippen LogP contribution is 2.16. The number of carboxylic acid groups (broad SMARTS) is 1. The molecule has 0 saturated carbocycles. The highest BCUT2D eigenvalue weighted by atomic mass is 16.5. The second kappa shape index (κ2) is 34.6. The van der Waals surface area contributed by atoms with Crippen LogP contribution in [0.25, 0.3) is 0 Å². The van der Waals surface area contributed by atoms with Crippen LogP contribution in [-0.2, 0) is 9.53 Å². The Morgan fingerprint density at radius 2 is 0.775 bits per heavy atom. The highest BCUT2D eigenvalue weighted by Gasteiger charge is 2.17. The molecule has 0 spiro atoms. The lowest BCUT2D eigenvalue weighted by Crippen LogP contribution is -2.24. The van der Waals surface area contributed by atoms with Gasteiger partial charge in [0, 0.05) is 13.2 Å². The van der Waals surface area contributed by atoms with Crippen molar-refractivity contribution in [3.05, 3.63) is 0 Å². The molecular weight excluding hydrogens is 496 g/mol. The zero-order valence-electron chi connectivity index (χ0n) is 27.1. The van der Waals surface area contributed by atoms with Crippen molar-refractivity contribution in [3.8, 4) is 0 Å². The number of carbonyl (C=O) groups is 1. The third-order valence-electron chi connectivity index (χ3n) is 8.47. The van der Waals surface area contributed by atoms with E-state index < -0.39 is 12.1 Å². The van der Waals surface area contributed by atoms with E-state index in [1.54, 1.807) is 0 Å². The topological polar surface area (TPSA) is 66.8 Å². The molecule has 0 bridgehead atoms. The summed E-state index contributed by atoms with van der Waals surface area (Å²) in [4.78, 5) is 11.5. The molecule has 4 nitrogen and oxygen atoms in total. The molecule has 0 heterocycles. The zero-order chi connectivity index (χ0) is 29.2. The largest absolute Gasteiger partial charge is 0.479 e. The highest BCUT2D eigenvalue weighted by molar-refractivity contribution is 5.72. The smallest absolute Gasteiger partial charge is 0.332 e. The molecule has 0 aliphatic rings. The molecule has 1 atom stereocenters. The van der Waals surface area contributed by atoms with Gasteiger partial charge in [0.25, 0.3) is 0 Å². The van der Waals surface area contributed by atoms with Crippen LogP contribution in [0.2, 0.25) is 0 Å². The number of unbranched alkanes of at least 4 members (excludes halogenated alkanes) is 28. The monoisotopic (exact) mass is 569 g/mol. The second-order valence-corrected chi connectivity index (χ2v) is 12.5. The van der Waals surface area contributed by atoms with Gasteiger partial charge >= 0.3 is 5.97 Å². The molecule has 1 unspecified atom stereocenters. The lowest BCUT2D eigenvalue weighted by atomic mass is 10.0. The predicted molar refractivity (Wildman–Crippen MR) is 173 cm³/mol. The molecule has 0 aromatic heterocycles. The Balaban J connectivity index is 3.36. The van der Waals surface area contributed by atoms with E-state index in [1.807, 2.05) is 0 Å². The number of aliphatic carboxylic acids is 1. The van der Waals surface area contributed by atoms with Gasteiger partial charge in [-0.3, -0.25) is 0 Å². The van der Waals surface area contributed by atoms with E-state index in [2.05, 4.69) is 6.92 Å². The average molecular weight is 569 g/mol. The molecule has 0 fully saturated rings. The van der Waals surface area contributed by atoms with Crippen molar-refractivity contribution < 1.29 is 19.7 Å². The molecule has 0 aromatic carbocycles. The Morgan fingerprint density at radius 1 is 0.475 bits per heavy atom. The molecule has 4 heteroatoms. The summed E-state index contributed by atoms with van der Waals surface area (Å²) in [6, 6.07) is 0. The third-order valence-corrected chi connectivity index (χ3v) is 8.47. The van der Waals surface area contributed by atoms with Crippen molar-refractivity contribution in [1.29, 1.82) is 0 Å². The van der Waals surface area contributed by atoms with Crippen LogP contribution in [0.5, 0.6) is 0 Å². The maximum absolute atomic E-state index is 11.5. The number of ether oxygens (including phenoxy) is 1. The number of hydrogen-bond donors (Lipinski definition) is 2. The van der Waals surface area contributed by atoms with Crippen LogP contribution < -0.4 is 0 Å². The van der Waals surface area contributed by atoms with Crippen molar-refractivity contribution >= 4 is 5.97 Å². The van der Waals surface area contributed by atoms with Crippen LogP contribution >= 0.6 is 0 Å². The Morgan fingerprint density at radius 3 is 1.10 bits per heavy atom. The molecule has 0 amide bonds. The van der Waals surface area contributed by atoms with Gasteiger partial charge in [0.15, 0.2) is 6.10 Å². The van der Waals surface area contributed by atoms with E-state index in [1.165, 1.54) is 161 Å². The fraction of sp³-hybridized carbons (Fsp3) is 0.972. The van der Waals surface area contributed by atoms with Gasteiger partial charge < -0.3 is 14.9 Å². The van der Waals surface area contributed by atoms with Gasteiger partial charge in [-0.2, -0.15) is 0 Å². The predicted octanol–water partition coefficient (Wildman–Crippen LogP) is 11.6. The van der Waals surface area contributed by atoms with Crippen molar-refractivity contribution in [1.82, 2.24) is 0 Å². The van der Waals surface area contributed by atoms with Crippen LogP contribution in [0, 0.1) is 0 Å². The number of rotatable bonds is 35. The Bertz CT molecular complexity index is 481. The minimum absolute atomic E-state index is 0.348. The number of hydrogen-bond acceptors (Lipinski definition) is 3. The van der Waals surface area contributed by atoms with Gasteiger partial charge in [-0.05, 0) is 19.3 Å². The maximum atomic E-state index is 11.5. The lowest BCUT2D eigenvalue weighted by molar-refractivity contribution is -0.151. The molecule has 0 aliphatic carbocycles. The van der Waals surface area contributed by atoms with E-state index in [0.717, 1.165) is 32.1 Å². The fourth-order valence-corrected chi connectivity index (χ4v) is 5.72. The molecule has 0 aliphatic heterocycles. The van der Waals surface area contributed by atoms with Crippen LogP contribution in [0.15, 0.2) is 0 Å². The first-order chi connectivity index (χ1) is 19.7. The minimum Gasteiger partial charge on any atom is -0.479 e. The SMILES string of the molecule is CCCCCCCCCCCCCCCCC(OCCCCCCCCCCCCCCCCCCO)C(=O)O. The molecule has 2 N–H and O–H groups in total. The van der Waals surface area contributed by atoms with Crippen LogP contribution in [0.4, 0.5) is 0 Å². The summed E-state index contributed by atoms with van der Waals surface area (Å²) in [7, 11) is 0. The lowest BCUT2D eigenvalue weighted by Gasteiger charge is -2.13. The van der Waals surface area contributed by atoms with Crippen molar-refractivity contribution in [2.24, 2.45) is 0 Å². The summed E-state index contributed by atoms with van der Waals surface area (Å²) in [5, 5.41) is 18.3. The van der Waals surface area contributed by atoms with Gasteiger partial charge in [-0.25, -0.2) is 4.79 Å². The van der Waals surface area contributed by atoms with E-state index >= 15 is 0 Å². The molecule has 0 rings (SSSR count). The Kier molecular flexibility index (Phi) is 34.1. The van der Waals surface area contributed by atoms with Crippen LogP contribution in [0.1, 0.15) is 206 Å². The zero-order valence-corrected chi connectivity index (χ0v) is 27.1. The number of aliphatic hydroxyl groups is 1. The van der Waals surface area contributed by atoms with Crippen LogP contribution in [0.3, 0.4) is 0 Å². The molecule has 0 aromatic rings. The summed E-state index contributed by atoms with van der Waals surface area (Å²) in [6.07, 6.45) is 39.0. The van der Waals surface area contributed by atoms with E-state index in [-0.39, 0.29) is 0 Å².